The van der Waals surface area contributed by atoms with Gasteiger partial charge in [0.25, 0.3) is 0 Å². The summed E-state index contributed by atoms with van der Waals surface area (Å²) in [7, 11) is 1.76. The topological polar surface area (TPSA) is 76.0 Å². The summed E-state index contributed by atoms with van der Waals surface area (Å²) in [5.41, 5.74) is 1.30. The number of aromatic nitrogens is 2. The number of benzene rings is 1. The molecule has 0 aliphatic carbocycles. The van der Waals surface area contributed by atoms with E-state index in [4.69, 9.17) is 0 Å². The number of aryl methyl sites for hydroxylation is 1. The molecule has 0 saturated carbocycles. The van der Waals surface area contributed by atoms with Gasteiger partial charge < -0.3 is 10.6 Å². The van der Waals surface area contributed by atoms with Crippen molar-refractivity contribution < 1.29 is 9.59 Å². The standard InChI is InChI=1S/C14H14N4O2S/c1-14(12(19)16-9-7-15-18(2)8-9)13(20)17-10-5-3-4-6-11(10)21-14/h3-8H,1-2H3,(H,16,19)(H,17,20). The summed E-state index contributed by atoms with van der Waals surface area (Å²) in [6, 6.07) is 7.43. The fourth-order valence-electron chi connectivity index (χ4n) is 2.05. The smallest absolute Gasteiger partial charge is 0.250 e. The van der Waals surface area contributed by atoms with Crippen molar-refractivity contribution >= 4 is 35.0 Å². The number of nitrogens with one attached hydrogen (secondary N) is 2. The summed E-state index contributed by atoms with van der Waals surface area (Å²) in [6.07, 6.45) is 3.22. The SMILES string of the molecule is Cn1cc(NC(=O)C2(C)Sc3ccccc3NC2=O)cn1. The number of para-hydroxylation sites is 1. The van der Waals surface area contributed by atoms with E-state index in [1.165, 1.54) is 11.8 Å². The Morgan fingerprint density at radius 3 is 2.90 bits per heavy atom. The molecule has 0 fully saturated rings. The van der Waals surface area contributed by atoms with E-state index in [-0.39, 0.29) is 11.8 Å². The van der Waals surface area contributed by atoms with Crippen LogP contribution in [0.15, 0.2) is 41.6 Å². The van der Waals surface area contributed by atoms with Crippen molar-refractivity contribution in [3.05, 3.63) is 36.7 Å². The molecular weight excluding hydrogens is 288 g/mol. The third kappa shape index (κ3) is 2.40. The van der Waals surface area contributed by atoms with Crippen LogP contribution >= 0.6 is 11.8 Å². The van der Waals surface area contributed by atoms with Crippen LogP contribution in [0.2, 0.25) is 0 Å². The van der Waals surface area contributed by atoms with Crippen LogP contribution < -0.4 is 10.6 Å². The van der Waals surface area contributed by atoms with Crippen molar-refractivity contribution in [2.45, 2.75) is 16.6 Å². The number of carbonyl (C=O) groups is 2. The summed E-state index contributed by atoms with van der Waals surface area (Å²) in [4.78, 5) is 25.7. The van der Waals surface area contributed by atoms with E-state index in [0.29, 0.717) is 5.69 Å². The molecule has 1 unspecified atom stereocenters. The van der Waals surface area contributed by atoms with Crippen LogP contribution in [0.4, 0.5) is 11.4 Å². The number of thioether (sulfide) groups is 1. The van der Waals surface area contributed by atoms with Crippen molar-refractivity contribution in [3.8, 4) is 0 Å². The summed E-state index contributed by atoms with van der Waals surface area (Å²) in [6.45, 7) is 1.62. The van der Waals surface area contributed by atoms with E-state index in [1.807, 2.05) is 24.3 Å². The first-order valence-corrected chi connectivity index (χ1v) is 7.20. The van der Waals surface area contributed by atoms with Gasteiger partial charge in [-0.15, -0.1) is 0 Å². The summed E-state index contributed by atoms with van der Waals surface area (Å²) < 4.78 is 0.367. The molecule has 0 saturated heterocycles. The molecule has 2 aromatic rings. The highest BCUT2D eigenvalue weighted by Crippen LogP contribution is 2.42. The molecule has 7 heteroatoms. The molecule has 6 nitrogen and oxygen atoms in total. The molecule has 21 heavy (non-hydrogen) atoms. The Hall–Kier alpha value is -2.28. The van der Waals surface area contributed by atoms with Gasteiger partial charge in [0.1, 0.15) is 0 Å². The molecule has 0 radical (unpaired) electrons. The van der Waals surface area contributed by atoms with Crippen LogP contribution in [0, 0.1) is 0 Å². The highest BCUT2D eigenvalue weighted by Gasteiger charge is 2.45. The monoisotopic (exact) mass is 302 g/mol. The van der Waals surface area contributed by atoms with Crippen LogP contribution in [-0.4, -0.2) is 26.3 Å². The van der Waals surface area contributed by atoms with Crippen LogP contribution in [0.25, 0.3) is 0 Å². The van der Waals surface area contributed by atoms with E-state index in [2.05, 4.69) is 15.7 Å². The first kappa shape index (κ1) is 13.7. The lowest BCUT2D eigenvalue weighted by Gasteiger charge is -2.31. The first-order valence-electron chi connectivity index (χ1n) is 6.38. The molecule has 1 aromatic carbocycles. The average Bonchev–Trinajstić information content (AvgIpc) is 2.85. The molecule has 1 aromatic heterocycles. The van der Waals surface area contributed by atoms with Gasteiger partial charge in [0, 0.05) is 18.1 Å². The normalized spacial score (nSPS) is 20.6. The minimum atomic E-state index is -1.22. The van der Waals surface area contributed by atoms with Crippen molar-refractivity contribution in [1.29, 1.82) is 0 Å². The number of anilines is 2. The van der Waals surface area contributed by atoms with Gasteiger partial charge >= 0.3 is 0 Å². The van der Waals surface area contributed by atoms with E-state index in [0.717, 1.165) is 10.6 Å². The number of amides is 2. The maximum absolute atomic E-state index is 12.5. The average molecular weight is 302 g/mol. The Morgan fingerprint density at radius 1 is 1.43 bits per heavy atom. The molecule has 0 spiro atoms. The quantitative estimate of drug-likeness (QED) is 0.830. The number of carbonyl (C=O) groups excluding carboxylic acids is 2. The second kappa shape index (κ2) is 4.92. The van der Waals surface area contributed by atoms with E-state index < -0.39 is 4.75 Å². The lowest BCUT2D eigenvalue weighted by atomic mass is 10.1. The van der Waals surface area contributed by atoms with E-state index in [9.17, 15) is 9.59 Å². The zero-order valence-corrected chi connectivity index (χ0v) is 12.4. The maximum atomic E-state index is 12.5. The number of hydrogen-bond acceptors (Lipinski definition) is 4. The fraction of sp³-hybridized carbons (Fsp3) is 0.214. The van der Waals surface area contributed by atoms with Gasteiger partial charge in [0.2, 0.25) is 11.8 Å². The number of rotatable bonds is 2. The Bertz CT molecular complexity index is 727. The second-order valence-corrected chi connectivity index (χ2v) is 6.40. The zero-order chi connectivity index (χ0) is 15.0. The van der Waals surface area contributed by atoms with Crippen molar-refractivity contribution in [2.75, 3.05) is 10.6 Å². The van der Waals surface area contributed by atoms with Crippen molar-refractivity contribution in [1.82, 2.24) is 9.78 Å². The molecule has 108 valence electrons. The van der Waals surface area contributed by atoms with Gasteiger partial charge in [-0.2, -0.15) is 5.10 Å². The van der Waals surface area contributed by atoms with Gasteiger partial charge in [-0.05, 0) is 19.1 Å². The fourth-order valence-corrected chi connectivity index (χ4v) is 3.16. The minimum Gasteiger partial charge on any atom is -0.323 e. The molecule has 1 aliphatic rings. The first-order chi connectivity index (χ1) is 9.99. The molecule has 1 atom stereocenters. The van der Waals surface area contributed by atoms with Gasteiger partial charge in [0.15, 0.2) is 4.75 Å². The lowest BCUT2D eigenvalue weighted by molar-refractivity contribution is -0.126. The third-order valence-electron chi connectivity index (χ3n) is 3.28. The van der Waals surface area contributed by atoms with Crippen LogP contribution in [0.3, 0.4) is 0 Å². The molecule has 3 rings (SSSR count). The minimum absolute atomic E-state index is 0.326. The number of nitrogens with zero attached hydrogens (tertiary/aromatic N) is 2. The molecule has 0 bridgehead atoms. The van der Waals surface area contributed by atoms with E-state index >= 15 is 0 Å². The summed E-state index contributed by atoms with van der Waals surface area (Å²) >= 11 is 1.25. The largest absolute Gasteiger partial charge is 0.323 e. The number of hydrogen-bond donors (Lipinski definition) is 2. The highest BCUT2D eigenvalue weighted by atomic mass is 32.2. The third-order valence-corrected chi connectivity index (χ3v) is 4.63. The van der Waals surface area contributed by atoms with Gasteiger partial charge in [-0.3, -0.25) is 14.3 Å². The summed E-state index contributed by atoms with van der Waals surface area (Å²) in [5.74, 6) is -0.694. The Morgan fingerprint density at radius 2 is 2.19 bits per heavy atom. The van der Waals surface area contributed by atoms with Crippen molar-refractivity contribution in [3.63, 3.8) is 0 Å². The van der Waals surface area contributed by atoms with Gasteiger partial charge in [-0.1, -0.05) is 23.9 Å². The molecule has 2 amide bonds. The highest BCUT2D eigenvalue weighted by molar-refractivity contribution is 8.02. The zero-order valence-electron chi connectivity index (χ0n) is 11.6. The Balaban J connectivity index is 1.86. The lowest BCUT2D eigenvalue weighted by Crippen LogP contribution is -2.49. The van der Waals surface area contributed by atoms with Gasteiger partial charge in [0.05, 0.1) is 17.6 Å². The van der Waals surface area contributed by atoms with Crippen molar-refractivity contribution in [2.24, 2.45) is 7.05 Å². The second-order valence-electron chi connectivity index (χ2n) is 4.94. The van der Waals surface area contributed by atoms with Gasteiger partial charge in [-0.25, -0.2) is 0 Å². The maximum Gasteiger partial charge on any atom is 0.250 e. The van der Waals surface area contributed by atoms with Crippen LogP contribution in [0.1, 0.15) is 6.92 Å². The Labute approximate surface area is 125 Å². The number of fused-ring (bicyclic) bond motifs is 1. The molecular formula is C14H14N4O2S. The van der Waals surface area contributed by atoms with Crippen LogP contribution in [-0.2, 0) is 16.6 Å². The summed E-state index contributed by atoms with van der Waals surface area (Å²) in [5, 5.41) is 9.50. The molecule has 2 N–H and O–H groups in total. The Kier molecular flexibility index (Phi) is 3.21. The molecule has 2 heterocycles. The predicted octanol–water partition coefficient (Wildman–Crippen LogP) is 1.86. The predicted molar refractivity (Wildman–Crippen MR) is 81.2 cm³/mol. The van der Waals surface area contributed by atoms with Crippen LogP contribution in [0.5, 0.6) is 0 Å². The molecule has 1 aliphatic heterocycles. The van der Waals surface area contributed by atoms with E-state index in [1.54, 1.807) is 31.0 Å².